The van der Waals surface area contributed by atoms with Gasteiger partial charge in [-0.05, 0) is 57.0 Å². The van der Waals surface area contributed by atoms with Gasteiger partial charge in [0.25, 0.3) is 5.91 Å². The molecule has 3 aromatic rings. The van der Waals surface area contributed by atoms with Crippen molar-refractivity contribution in [2.75, 3.05) is 0 Å². The zero-order valence-corrected chi connectivity index (χ0v) is 16.9. The summed E-state index contributed by atoms with van der Waals surface area (Å²) in [6, 6.07) is 11.2. The van der Waals surface area contributed by atoms with E-state index in [4.69, 9.17) is 9.15 Å². The Kier molecular flexibility index (Phi) is 6.19. The summed E-state index contributed by atoms with van der Waals surface area (Å²) in [6.07, 6.45) is 2.79. The Hall–Kier alpha value is -3.02. The van der Waals surface area contributed by atoms with Crippen molar-refractivity contribution in [2.45, 2.75) is 53.3 Å². The van der Waals surface area contributed by atoms with Crippen LogP contribution in [0.15, 0.2) is 47.0 Å². The van der Waals surface area contributed by atoms with Crippen molar-refractivity contribution in [3.63, 3.8) is 0 Å². The van der Waals surface area contributed by atoms with Gasteiger partial charge in [0, 0.05) is 17.8 Å². The number of furan rings is 1. The van der Waals surface area contributed by atoms with Gasteiger partial charge in [-0.15, -0.1) is 0 Å². The molecule has 0 saturated heterocycles. The van der Waals surface area contributed by atoms with Gasteiger partial charge in [-0.1, -0.05) is 19.1 Å². The fourth-order valence-corrected chi connectivity index (χ4v) is 3.10. The van der Waals surface area contributed by atoms with Crippen LogP contribution in [0.3, 0.4) is 0 Å². The third kappa shape index (κ3) is 4.44. The summed E-state index contributed by atoms with van der Waals surface area (Å²) >= 11 is 0. The molecule has 0 radical (unpaired) electrons. The second-order valence-corrected chi connectivity index (χ2v) is 6.75. The van der Waals surface area contributed by atoms with Crippen LogP contribution in [0.1, 0.15) is 59.9 Å². The Morgan fingerprint density at radius 2 is 1.96 bits per heavy atom. The maximum absolute atomic E-state index is 12.5. The van der Waals surface area contributed by atoms with Crippen LogP contribution in [0.2, 0.25) is 0 Å². The minimum absolute atomic E-state index is 0.158. The van der Waals surface area contributed by atoms with Crippen LogP contribution in [0.4, 0.5) is 0 Å². The van der Waals surface area contributed by atoms with E-state index < -0.39 is 0 Å². The largest absolute Gasteiger partial charge is 0.486 e. The molecule has 0 aliphatic rings. The van der Waals surface area contributed by atoms with Gasteiger partial charge in [0.1, 0.15) is 18.1 Å². The highest BCUT2D eigenvalue weighted by atomic mass is 16.5. The number of aromatic nitrogens is 2. The molecule has 0 saturated carbocycles. The normalized spacial score (nSPS) is 12.0. The molecular weight excluding hydrogens is 354 g/mol. The van der Waals surface area contributed by atoms with Gasteiger partial charge in [-0.3, -0.25) is 9.48 Å². The zero-order valence-electron chi connectivity index (χ0n) is 16.9. The topological polar surface area (TPSA) is 69.3 Å². The second-order valence-electron chi connectivity index (χ2n) is 6.75. The number of carbonyl (C=O) groups is 1. The number of amides is 1. The van der Waals surface area contributed by atoms with Crippen LogP contribution < -0.4 is 10.1 Å². The van der Waals surface area contributed by atoms with E-state index in [9.17, 15) is 4.79 Å². The van der Waals surface area contributed by atoms with Crippen LogP contribution in [0.25, 0.3) is 0 Å². The number of hydrogen-bond acceptors (Lipinski definition) is 4. The van der Waals surface area contributed by atoms with E-state index in [2.05, 4.69) is 17.3 Å². The monoisotopic (exact) mass is 381 g/mol. The lowest BCUT2D eigenvalue weighted by atomic mass is 10.1. The first-order valence-electron chi connectivity index (χ1n) is 9.65. The summed E-state index contributed by atoms with van der Waals surface area (Å²) in [6.45, 7) is 9.17. The maximum atomic E-state index is 12.5. The quantitative estimate of drug-likeness (QED) is 0.626. The summed E-state index contributed by atoms with van der Waals surface area (Å²) in [7, 11) is 0. The third-order valence-electron chi connectivity index (χ3n) is 4.85. The van der Waals surface area contributed by atoms with E-state index in [-0.39, 0.29) is 24.3 Å². The van der Waals surface area contributed by atoms with Gasteiger partial charge >= 0.3 is 0 Å². The highest BCUT2D eigenvalue weighted by Crippen LogP contribution is 2.19. The molecule has 3 rings (SSSR count). The average molecular weight is 381 g/mol. The van der Waals surface area contributed by atoms with Crippen LogP contribution in [0, 0.1) is 6.92 Å². The predicted octanol–water partition coefficient (Wildman–Crippen LogP) is 4.44. The van der Waals surface area contributed by atoms with Crippen molar-refractivity contribution in [1.82, 2.24) is 15.1 Å². The Morgan fingerprint density at radius 1 is 1.21 bits per heavy atom. The van der Waals surface area contributed by atoms with Gasteiger partial charge in [-0.25, -0.2) is 0 Å². The first-order chi connectivity index (χ1) is 13.5. The van der Waals surface area contributed by atoms with Crippen molar-refractivity contribution in [2.24, 2.45) is 0 Å². The van der Waals surface area contributed by atoms with E-state index >= 15 is 0 Å². The van der Waals surface area contributed by atoms with E-state index in [0.717, 1.165) is 30.0 Å². The molecule has 148 valence electrons. The van der Waals surface area contributed by atoms with Crippen LogP contribution >= 0.6 is 0 Å². The second kappa shape index (κ2) is 8.78. The Bertz CT molecular complexity index is 925. The summed E-state index contributed by atoms with van der Waals surface area (Å²) in [4.78, 5) is 12.5. The summed E-state index contributed by atoms with van der Waals surface area (Å²) in [5, 5.41) is 7.29. The molecule has 1 atom stereocenters. The molecular formula is C22H27N3O3. The fraction of sp³-hybridized carbons (Fsp3) is 0.364. The summed E-state index contributed by atoms with van der Waals surface area (Å²) in [5.41, 5.74) is 3.32. The van der Waals surface area contributed by atoms with Gasteiger partial charge in [0.2, 0.25) is 0 Å². The smallest absolute Gasteiger partial charge is 0.287 e. The fourth-order valence-electron chi connectivity index (χ4n) is 3.10. The van der Waals surface area contributed by atoms with E-state index in [1.165, 1.54) is 5.56 Å². The average Bonchev–Trinajstić information content (AvgIpc) is 3.33. The molecule has 2 heterocycles. The number of carbonyl (C=O) groups excluding carboxylic acids is 1. The van der Waals surface area contributed by atoms with Crippen molar-refractivity contribution < 1.29 is 13.9 Å². The predicted molar refractivity (Wildman–Crippen MR) is 107 cm³/mol. The van der Waals surface area contributed by atoms with E-state index in [0.29, 0.717) is 5.76 Å². The van der Waals surface area contributed by atoms with E-state index in [1.807, 2.05) is 49.7 Å². The zero-order chi connectivity index (χ0) is 20.1. The highest BCUT2D eigenvalue weighted by Gasteiger charge is 2.18. The molecule has 1 aromatic carbocycles. The third-order valence-corrected chi connectivity index (χ3v) is 4.85. The number of ether oxygens (including phenoxy) is 1. The Morgan fingerprint density at radius 3 is 2.61 bits per heavy atom. The van der Waals surface area contributed by atoms with Crippen molar-refractivity contribution in [1.29, 1.82) is 0 Å². The molecule has 6 nitrogen and oxygen atoms in total. The van der Waals surface area contributed by atoms with Crippen molar-refractivity contribution in [3.8, 4) is 5.75 Å². The Labute approximate surface area is 165 Å². The summed E-state index contributed by atoms with van der Waals surface area (Å²) < 4.78 is 13.3. The van der Waals surface area contributed by atoms with Gasteiger partial charge < -0.3 is 14.5 Å². The van der Waals surface area contributed by atoms with Gasteiger partial charge in [-0.2, -0.15) is 5.10 Å². The molecule has 0 bridgehead atoms. The Balaban J connectivity index is 1.57. The molecule has 2 aromatic heterocycles. The van der Waals surface area contributed by atoms with Crippen LogP contribution in [-0.2, 0) is 19.6 Å². The lowest BCUT2D eigenvalue weighted by Crippen LogP contribution is -2.26. The first-order valence-corrected chi connectivity index (χ1v) is 9.65. The highest BCUT2D eigenvalue weighted by molar-refractivity contribution is 5.91. The molecule has 1 unspecified atom stereocenters. The van der Waals surface area contributed by atoms with E-state index in [1.54, 1.807) is 18.3 Å². The molecule has 0 spiro atoms. The number of aryl methyl sites for hydroxylation is 2. The minimum atomic E-state index is -0.255. The van der Waals surface area contributed by atoms with Gasteiger partial charge in [0.15, 0.2) is 5.76 Å². The SMILES string of the molecule is CCc1ccc(OCc2ccc(C(=O)NC(C)c3cnn(CC)c3C)o2)cc1. The molecule has 1 amide bonds. The number of benzene rings is 1. The van der Waals surface area contributed by atoms with Crippen molar-refractivity contribution in [3.05, 3.63) is 70.9 Å². The standard InChI is InChI=1S/C22H27N3O3/c1-5-17-7-9-18(10-8-17)27-14-19-11-12-21(28-19)22(26)24-15(3)20-13-23-25(6-2)16(20)4/h7-13,15H,5-6,14H2,1-4H3,(H,24,26). The van der Waals surface area contributed by atoms with Crippen LogP contribution in [-0.4, -0.2) is 15.7 Å². The summed E-state index contributed by atoms with van der Waals surface area (Å²) in [5.74, 6) is 1.39. The molecule has 28 heavy (non-hydrogen) atoms. The molecule has 0 aliphatic heterocycles. The molecule has 6 heteroatoms. The van der Waals surface area contributed by atoms with Crippen molar-refractivity contribution >= 4 is 5.91 Å². The molecule has 1 N–H and O–H groups in total. The number of hydrogen-bond donors (Lipinski definition) is 1. The maximum Gasteiger partial charge on any atom is 0.287 e. The number of nitrogens with one attached hydrogen (secondary N) is 1. The minimum Gasteiger partial charge on any atom is -0.486 e. The lowest BCUT2D eigenvalue weighted by molar-refractivity contribution is 0.0907. The lowest BCUT2D eigenvalue weighted by Gasteiger charge is -2.13. The molecule has 0 fully saturated rings. The number of nitrogens with zero attached hydrogens (tertiary/aromatic N) is 2. The number of rotatable bonds is 8. The molecule has 0 aliphatic carbocycles. The van der Waals surface area contributed by atoms with Gasteiger partial charge in [0.05, 0.1) is 12.2 Å². The first kappa shape index (κ1) is 19.7. The van der Waals surface area contributed by atoms with Crippen LogP contribution in [0.5, 0.6) is 5.75 Å².